The fourth-order valence-corrected chi connectivity index (χ4v) is 3.67. The van der Waals surface area contributed by atoms with E-state index in [2.05, 4.69) is 19.9 Å². The molecule has 1 aromatic carbocycles. The summed E-state index contributed by atoms with van der Waals surface area (Å²) >= 11 is 0. The molecular formula is C16H22O2. The Morgan fingerprint density at radius 2 is 2.00 bits per heavy atom. The minimum Gasteiger partial charge on any atom is -0.481 e. The quantitative estimate of drug-likeness (QED) is 0.877. The summed E-state index contributed by atoms with van der Waals surface area (Å²) in [5, 5.41) is 9.87. The predicted octanol–water partition coefficient (Wildman–Crippen LogP) is 3.78. The Kier molecular flexibility index (Phi) is 3.74. The van der Waals surface area contributed by atoms with Gasteiger partial charge in [0.15, 0.2) is 0 Å². The molecule has 0 saturated heterocycles. The highest BCUT2D eigenvalue weighted by molar-refractivity contribution is 5.83. The van der Waals surface area contributed by atoms with Crippen LogP contribution in [0.25, 0.3) is 0 Å². The van der Waals surface area contributed by atoms with Crippen molar-refractivity contribution in [2.24, 2.45) is 5.92 Å². The van der Waals surface area contributed by atoms with Crippen LogP contribution in [-0.2, 0) is 16.6 Å². The largest absolute Gasteiger partial charge is 0.481 e. The minimum absolute atomic E-state index is 0.233. The maximum atomic E-state index is 12.0. The molecule has 1 unspecified atom stereocenters. The monoisotopic (exact) mass is 246 g/mol. The average molecular weight is 246 g/mol. The van der Waals surface area contributed by atoms with Gasteiger partial charge in [-0.3, -0.25) is 4.79 Å². The van der Waals surface area contributed by atoms with Crippen LogP contribution in [0.5, 0.6) is 0 Å². The van der Waals surface area contributed by atoms with Crippen LogP contribution in [0.3, 0.4) is 0 Å². The number of hydrogen-bond donors (Lipinski definition) is 1. The van der Waals surface area contributed by atoms with Gasteiger partial charge in [0.1, 0.15) is 0 Å². The van der Waals surface area contributed by atoms with Gasteiger partial charge in [-0.15, -0.1) is 0 Å². The summed E-state index contributed by atoms with van der Waals surface area (Å²) in [5.41, 5.74) is 1.65. The van der Waals surface area contributed by atoms with E-state index in [9.17, 15) is 9.90 Å². The Morgan fingerprint density at radius 1 is 1.33 bits per heavy atom. The number of rotatable bonds is 4. The molecule has 0 amide bonds. The summed E-state index contributed by atoms with van der Waals surface area (Å²) < 4.78 is 0. The summed E-state index contributed by atoms with van der Waals surface area (Å²) in [6.07, 6.45) is 4.64. The molecule has 1 aliphatic carbocycles. The van der Waals surface area contributed by atoms with E-state index in [-0.39, 0.29) is 5.92 Å². The summed E-state index contributed by atoms with van der Waals surface area (Å²) in [4.78, 5) is 12.0. The highest BCUT2D eigenvalue weighted by atomic mass is 16.4. The molecule has 0 aliphatic heterocycles. The second kappa shape index (κ2) is 5.13. The van der Waals surface area contributed by atoms with Gasteiger partial charge in [0.25, 0.3) is 0 Å². The molecule has 1 atom stereocenters. The van der Waals surface area contributed by atoms with Crippen LogP contribution in [0.4, 0.5) is 0 Å². The van der Waals surface area contributed by atoms with Crippen LogP contribution >= 0.6 is 0 Å². The van der Waals surface area contributed by atoms with Crippen molar-refractivity contribution >= 4 is 5.97 Å². The number of carbonyl (C=O) groups is 1. The van der Waals surface area contributed by atoms with Gasteiger partial charge in [0, 0.05) is 0 Å². The van der Waals surface area contributed by atoms with Crippen molar-refractivity contribution in [1.29, 1.82) is 0 Å². The SMILES string of the molecule is CCC(CC)C1(C(=O)O)CCCc2ccccc21. The highest BCUT2D eigenvalue weighted by Gasteiger charge is 2.47. The van der Waals surface area contributed by atoms with Crippen LogP contribution < -0.4 is 0 Å². The van der Waals surface area contributed by atoms with Crippen LogP contribution in [0.15, 0.2) is 24.3 Å². The second-order valence-electron chi connectivity index (χ2n) is 5.30. The lowest BCUT2D eigenvalue weighted by atomic mass is 9.61. The first-order valence-corrected chi connectivity index (χ1v) is 6.98. The average Bonchev–Trinajstić information content (AvgIpc) is 2.40. The molecular weight excluding hydrogens is 224 g/mol. The zero-order chi connectivity index (χ0) is 13.2. The zero-order valence-corrected chi connectivity index (χ0v) is 11.3. The Bertz CT molecular complexity index is 434. The first-order valence-electron chi connectivity index (χ1n) is 6.98. The summed E-state index contributed by atoms with van der Waals surface area (Å²) in [7, 11) is 0. The highest BCUT2D eigenvalue weighted by Crippen LogP contribution is 2.45. The smallest absolute Gasteiger partial charge is 0.314 e. The lowest BCUT2D eigenvalue weighted by molar-refractivity contribution is -0.147. The molecule has 0 fully saturated rings. The molecule has 0 heterocycles. The Balaban J connectivity index is 2.59. The van der Waals surface area contributed by atoms with E-state index >= 15 is 0 Å². The lowest BCUT2D eigenvalue weighted by Gasteiger charge is -2.41. The van der Waals surface area contributed by atoms with Gasteiger partial charge in [-0.1, -0.05) is 51.0 Å². The Hall–Kier alpha value is -1.31. The van der Waals surface area contributed by atoms with Gasteiger partial charge in [0.05, 0.1) is 5.41 Å². The van der Waals surface area contributed by atoms with Gasteiger partial charge >= 0.3 is 5.97 Å². The third-order valence-electron chi connectivity index (χ3n) is 4.58. The number of aryl methyl sites for hydroxylation is 1. The summed E-state index contributed by atoms with van der Waals surface area (Å²) in [5.74, 6) is -0.403. The van der Waals surface area contributed by atoms with Crippen molar-refractivity contribution in [2.75, 3.05) is 0 Å². The zero-order valence-electron chi connectivity index (χ0n) is 11.3. The number of hydrogen-bond acceptors (Lipinski definition) is 1. The van der Waals surface area contributed by atoms with Crippen LogP contribution in [0.2, 0.25) is 0 Å². The van der Waals surface area contributed by atoms with E-state index in [0.717, 1.165) is 37.7 Å². The maximum absolute atomic E-state index is 12.0. The maximum Gasteiger partial charge on any atom is 0.314 e. The van der Waals surface area contributed by atoms with Crippen molar-refractivity contribution in [2.45, 2.75) is 51.4 Å². The number of carboxylic acid groups (broad SMARTS) is 1. The van der Waals surface area contributed by atoms with Gasteiger partial charge in [0.2, 0.25) is 0 Å². The molecule has 2 rings (SSSR count). The fourth-order valence-electron chi connectivity index (χ4n) is 3.67. The van der Waals surface area contributed by atoms with E-state index in [1.54, 1.807) is 0 Å². The van der Waals surface area contributed by atoms with Crippen LogP contribution in [0.1, 0.15) is 50.7 Å². The lowest BCUT2D eigenvalue weighted by Crippen LogP contribution is -2.45. The van der Waals surface area contributed by atoms with Gasteiger partial charge in [-0.05, 0) is 36.3 Å². The van der Waals surface area contributed by atoms with E-state index < -0.39 is 11.4 Å². The van der Waals surface area contributed by atoms with E-state index in [1.807, 2.05) is 18.2 Å². The van der Waals surface area contributed by atoms with E-state index in [0.29, 0.717) is 0 Å². The molecule has 2 heteroatoms. The molecule has 1 aromatic rings. The molecule has 0 aromatic heterocycles. The summed E-state index contributed by atoms with van der Waals surface area (Å²) in [6, 6.07) is 8.11. The molecule has 2 nitrogen and oxygen atoms in total. The molecule has 1 aliphatic rings. The molecule has 0 saturated carbocycles. The molecule has 18 heavy (non-hydrogen) atoms. The van der Waals surface area contributed by atoms with E-state index in [1.165, 1.54) is 5.56 Å². The number of aliphatic carboxylic acids is 1. The number of benzene rings is 1. The van der Waals surface area contributed by atoms with Crippen LogP contribution in [0, 0.1) is 5.92 Å². The molecule has 0 spiro atoms. The van der Waals surface area contributed by atoms with Crippen LogP contribution in [-0.4, -0.2) is 11.1 Å². The van der Waals surface area contributed by atoms with Crippen molar-refractivity contribution < 1.29 is 9.90 Å². The Morgan fingerprint density at radius 3 is 2.61 bits per heavy atom. The van der Waals surface area contributed by atoms with Crippen molar-refractivity contribution in [3.8, 4) is 0 Å². The van der Waals surface area contributed by atoms with Gasteiger partial charge in [-0.25, -0.2) is 0 Å². The van der Waals surface area contributed by atoms with Gasteiger partial charge in [-0.2, -0.15) is 0 Å². The van der Waals surface area contributed by atoms with Crippen molar-refractivity contribution in [3.05, 3.63) is 35.4 Å². The summed E-state index contributed by atoms with van der Waals surface area (Å²) in [6.45, 7) is 4.21. The third kappa shape index (κ3) is 1.84. The Labute approximate surface area is 109 Å². The normalized spacial score (nSPS) is 22.8. The topological polar surface area (TPSA) is 37.3 Å². The first kappa shape index (κ1) is 13.1. The molecule has 0 bridgehead atoms. The van der Waals surface area contributed by atoms with Crippen molar-refractivity contribution in [1.82, 2.24) is 0 Å². The van der Waals surface area contributed by atoms with E-state index in [4.69, 9.17) is 0 Å². The number of fused-ring (bicyclic) bond motifs is 1. The number of carboxylic acids is 1. The molecule has 0 radical (unpaired) electrons. The predicted molar refractivity (Wildman–Crippen MR) is 72.8 cm³/mol. The molecule has 98 valence electrons. The standard InChI is InChI=1S/C16H22O2/c1-3-13(4-2)16(15(17)18)11-7-9-12-8-5-6-10-14(12)16/h5-6,8,10,13H,3-4,7,9,11H2,1-2H3,(H,17,18). The fraction of sp³-hybridized carbons (Fsp3) is 0.562. The second-order valence-corrected chi connectivity index (χ2v) is 5.30. The van der Waals surface area contributed by atoms with Gasteiger partial charge < -0.3 is 5.11 Å². The first-order chi connectivity index (χ1) is 8.66. The molecule has 1 N–H and O–H groups in total. The van der Waals surface area contributed by atoms with Crippen molar-refractivity contribution in [3.63, 3.8) is 0 Å². The minimum atomic E-state index is -0.654. The third-order valence-corrected chi connectivity index (χ3v) is 4.58.